The van der Waals surface area contributed by atoms with E-state index in [1.807, 2.05) is 27.2 Å². The van der Waals surface area contributed by atoms with E-state index in [2.05, 4.69) is 31.3 Å². The van der Waals surface area contributed by atoms with E-state index in [1.54, 1.807) is 6.08 Å². The molecule has 8 nitrogen and oxygen atoms in total. The third kappa shape index (κ3) is 62.4. The summed E-state index contributed by atoms with van der Waals surface area (Å²) in [5.41, 5.74) is 0. The van der Waals surface area contributed by atoms with Gasteiger partial charge in [0.15, 0.2) is 0 Å². The first kappa shape index (κ1) is 76.0. The molecule has 9 heteroatoms. The summed E-state index contributed by atoms with van der Waals surface area (Å²) in [7, 11) is 1.28. The Morgan fingerprint density at radius 2 is 0.714 bits per heavy atom. The molecule has 0 aliphatic heterocycles. The second kappa shape index (κ2) is 59.6. The van der Waals surface area contributed by atoms with Gasteiger partial charge in [0.2, 0.25) is 5.91 Å². The molecule has 2 N–H and O–H groups in total. The predicted molar refractivity (Wildman–Crippen MR) is 335 cm³/mol. The van der Waals surface area contributed by atoms with Crippen LogP contribution in [0.15, 0.2) is 24.3 Å². The predicted octanol–water partition coefficient (Wildman–Crippen LogP) is 20.9. The van der Waals surface area contributed by atoms with Crippen LogP contribution in [0.2, 0.25) is 0 Å². The minimum Gasteiger partial charge on any atom is -0.756 e. The molecular weight excluding hydrogens is 972 g/mol. The Morgan fingerprint density at radius 1 is 0.442 bits per heavy atom. The first-order chi connectivity index (χ1) is 37.5. The van der Waals surface area contributed by atoms with Crippen molar-refractivity contribution >= 4 is 13.7 Å². The van der Waals surface area contributed by atoms with E-state index in [0.29, 0.717) is 17.4 Å². The number of likely N-dealkylation sites (N-methyl/N-ethyl adjacent to an activating group) is 1. The third-order valence-corrected chi connectivity index (χ3v) is 16.9. The van der Waals surface area contributed by atoms with Gasteiger partial charge in [-0.05, 0) is 44.9 Å². The van der Waals surface area contributed by atoms with Crippen molar-refractivity contribution < 1.29 is 32.9 Å². The summed E-state index contributed by atoms with van der Waals surface area (Å²) >= 11 is 0. The highest BCUT2D eigenvalue weighted by Gasteiger charge is 2.23. The average molecular weight is 1110 g/mol. The van der Waals surface area contributed by atoms with Crippen LogP contribution in [0.5, 0.6) is 0 Å². The largest absolute Gasteiger partial charge is 0.756 e. The zero-order chi connectivity index (χ0) is 56.3. The zero-order valence-electron chi connectivity index (χ0n) is 52.4. The lowest BCUT2D eigenvalue weighted by Crippen LogP contribution is -2.45. The lowest BCUT2D eigenvalue weighted by Gasteiger charge is -2.29. The first-order valence-electron chi connectivity index (χ1n) is 34.2. The molecule has 1 amide bonds. The molecule has 0 aliphatic rings. The van der Waals surface area contributed by atoms with Crippen LogP contribution in [-0.2, 0) is 18.4 Å². The number of hydrogen-bond donors (Lipinski definition) is 2. The Morgan fingerprint density at radius 3 is 1.01 bits per heavy atom. The van der Waals surface area contributed by atoms with E-state index in [1.165, 1.54) is 295 Å². The maximum Gasteiger partial charge on any atom is 0.268 e. The molecule has 0 aromatic carbocycles. The number of unbranched alkanes of at least 4 members (excludes halogenated alkanes) is 49. The molecule has 0 spiro atoms. The summed E-state index contributed by atoms with van der Waals surface area (Å²) in [4.78, 5) is 25.6. The van der Waals surface area contributed by atoms with Crippen molar-refractivity contribution in [1.29, 1.82) is 0 Å². The highest BCUT2D eigenvalue weighted by Crippen LogP contribution is 2.38. The van der Waals surface area contributed by atoms with E-state index < -0.39 is 20.0 Å². The standard InChI is InChI=1S/C68H135N2O6P/c1-6-8-10-12-14-16-18-20-22-24-26-28-30-31-32-33-34-35-36-37-38-40-41-43-45-47-49-51-53-55-57-59-61-67(71)66(65-76-77(73,74)75-64-63-70(3,4)5)69-68(72)62-60-58-56-54-52-50-48-46-44-42-39-29-27-25-23-21-19-17-15-13-11-9-7-2/h25,27,59,61,66-67,71H,6-24,26,28-58,60,62-65H2,1-5H3,(H-,69,72,73,74)/b27-25-,61-59+. The summed E-state index contributed by atoms with van der Waals surface area (Å²) in [6.45, 7) is 4.71. The second-order valence-electron chi connectivity index (χ2n) is 24.9. The van der Waals surface area contributed by atoms with Gasteiger partial charge in [-0.15, -0.1) is 0 Å². The number of amides is 1. The third-order valence-electron chi connectivity index (χ3n) is 15.9. The fraction of sp³-hybridized carbons (Fsp3) is 0.926. The van der Waals surface area contributed by atoms with Crippen LogP contribution in [0.4, 0.5) is 0 Å². The van der Waals surface area contributed by atoms with Crippen molar-refractivity contribution in [2.24, 2.45) is 0 Å². The number of nitrogens with zero attached hydrogens (tertiary/aromatic N) is 1. The topological polar surface area (TPSA) is 108 Å². The van der Waals surface area contributed by atoms with E-state index in [-0.39, 0.29) is 19.1 Å². The average Bonchev–Trinajstić information content (AvgIpc) is 3.39. The molecule has 0 radical (unpaired) electrons. The molecule has 0 bridgehead atoms. The molecule has 0 aromatic rings. The van der Waals surface area contributed by atoms with Crippen molar-refractivity contribution in [3.63, 3.8) is 0 Å². The van der Waals surface area contributed by atoms with Crippen LogP contribution in [0.3, 0.4) is 0 Å². The molecule has 458 valence electrons. The smallest absolute Gasteiger partial charge is 0.268 e. The number of hydrogen-bond acceptors (Lipinski definition) is 6. The Balaban J connectivity index is 4.05. The van der Waals surface area contributed by atoms with E-state index in [4.69, 9.17) is 9.05 Å². The lowest BCUT2D eigenvalue weighted by molar-refractivity contribution is -0.870. The number of aliphatic hydroxyl groups is 1. The summed E-state index contributed by atoms with van der Waals surface area (Å²) < 4.78 is 23.4. The maximum absolute atomic E-state index is 13.0. The van der Waals surface area contributed by atoms with Gasteiger partial charge in [-0.25, -0.2) is 0 Å². The summed E-state index contributed by atoms with van der Waals surface area (Å²) in [6, 6.07) is -0.887. The van der Waals surface area contributed by atoms with Gasteiger partial charge in [0.1, 0.15) is 13.2 Å². The molecule has 0 fully saturated rings. The molecule has 0 heterocycles. The molecule has 3 atom stereocenters. The number of allylic oxidation sites excluding steroid dienone is 3. The number of nitrogens with one attached hydrogen (secondary N) is 1. The highest BCUT2D eigenvalue weighted by atomic mass is 31.2. The van der Waals surface area contributed by atoms with Crippen molar-refractivity contribution in [3.8, 4) is 0 Å². The van der Waals surface area contributed by atoms with Crippen LogP contribution in [-0.4, -0.2) is 68.5 Å². The maximum atomic E-state index is 13.0. The van der Waals surface area contributed by atoms with Gasteiger partial charge in [-0.2, -0.15) is 0 Å². The quantitative estimate of drug-likeness (QED) is 0.0272. The molecule has 77 heavy (non-hydrogen) atoms. The Bertz CT molecular complexity index is 1300. The number of phosphoric ester groups is 1. The van der Waals surface area contributed by atoms with Gasteiger partial charge in [-0.1, -0.05) is 327 Å². The molecule has 0 aliphatic carbocycles. The van der Waals surface area contributed by atoms with Gasteiger partial charge >= 0.3 is 0 Å². The molecule has 0 saturated carbocycles. The SMILES string of the molecule is CCCCCCCCCC/C=C\CCCCCCCCCCCCCC(=O)NC(COP(=O)([O-])OCC[N+](C)(C)C)C(O)/C=C/CCCCCCCCCCCCCCCCCCCCCCCCCCCCCCCC. The minimum atomic E-state index is -4.60. The van der Waals surface area contributed by atoms with Gasteiger partial charge in [0.25, 0.3) is 7.82 Å². The molecule has 3 unspecified atom stereocenters. The summed E-state index contributed by atoms with van der Waals surface area (Å²) in [6.07, 6.45) is 77.2. The Kier molecular flexibility index (Phi) is 58.8. The highest BCUT2D eigenvalue weighted by molar-refractivity contribution is 7.45. The number of rotatable bonds is 64. The van der Waals surface area contributed by atoms with Crippen molar-refractivity contribution in [3.05, 3.63) is 24.3 Å². The number of aliphatic hydroxyl groups excluding tert-OH is 1. The van der Waals surface area contributed by atoms with Gasteiger partial charge in [0, 0.05) is 6.42 Å². The fourth-order valence-electron chi connectivity index (χ4n) is 10.6. The van der Waals surface area contributed by atoms with Crippen molar-refractivity contribution in [2.45, 2.75) is 366 Å². The van der Waals surface area contributed by atoms with Crippen LogP contribution in [0.25, 0.3) is 0 Å². The molecule has 0 aromatic heterocycles. The second-order valence-corrected chi connectivity index (χ2v) is 26.3. The lowest BCUT2D eigenvalue weighted by atomic mass is 10.0. The number of carbonyl (C=O) groups is 1. The van der Waals surface area contributed by atoms with E-state index >= 15 is 0 Å². The van der Waals surface area contributed by atoms with Crippen LogP contribution < -0.4 is 10.2 Å². The monoisotopic (exact) mass is 1110 g/mol. The first-order valence-corrected chi connectivity index (χ1v) is 35.7. The number of quaternary nitrogens is 1. The minimum absolute atomic E-state index is 0.000995. The van der Waals surface area contributed by atoms with Crippen molar-refractivity contribution in [2.75, 3.05) is 40.9 Å². The Labute approximate surface area is 481 Å². The van der Waals surface area contributed by atoms with Gasteiger partial charge in [0.05, 0.1) is 39.9 Å². The summed E-state index contributed by atoms with van der Waals surface area (Å²) in [5, 5.41) is 14.0. The molecule has 0 rings (SSSR count). The van der Waals surface area contributed by atoms with Gasteiger partial charge < -0.3 is 28.8 Å². The number of phosphoric acid groups is 1. The zero-order valence-corrected chi connectivity index (χ0v) is 53.3. The summed E-state index contributed by atoms with van der Waals surface area (Å²) in [5.74, 6) is -0.192. The normalized spacial score (nSPS) is 13.8. The van der Waals surface area contributed by atoms with Gasteiger partial charge in [-0.3, -0.25) is 9.36 Å². The number of carbonyl (C=O) groups excluding carboxylic acids is 1. The fourth-order valence-corrected chi connectivity index (χ4v) is 11.3. The van der Waals surface area contributed by atoms with Crippen LogP contribution >= 0.6 is 7.82 Å². The van der Waals surface area contributed by atoms with E-state index in [0.717, 1.165) is 38.5 Å². The van der Waals surface area contributed by atoms with Crippen molar-refractivity contribution in [1.82, 2.24) is 5.32 Å². The van der Waals surface area contributed by atoms with E-state index in [9.17, 15) is 19.4 Å². The molecule has 0 saturated heterocycles. The van der Waals surface area contributed by atoms with Crippen LogP contribution in [0.1, 0.15) is 354 Å². The Hall–Kier alpha value is -1.02. The van der Waals surface area contributed by atoms with Crippen LogP contribution in [0, 0.1) is 0 Å². The molecular formula is C68H135N2O6P.